The molecule has 0 aromatic rings. The second-order valence-corrected chi connectivity index (χ2v) is 8.96. The van der Waals surface area contributed by atoms with Crippen molar-refractivity contribution in [1.82, 2.24) is 19.6 Å². The van der Waals surface area contributed by atoms with Gasteiger partial charge in [0.2, 0.25) is 0 Å². The average Bonchev–Trinajstić information content (AvgIpc) is 3.31. The van der Waals surface area contributed by atoms with Crippen molar-refractivity contribution in [1.29, 1.82) is 0 Å². The first-order valence-corrected chi connectivity index (χ1v) is 11.1. The summed E-state index contributed by atoms with van der Waals surface area (Å²) in [6.45, 7) is 18.6. The molecule has 0 bridgehead atoms. The van der Waals surface area contributed by atoms with Crippen molar-refractivity contribution < 1.29 is 0 Å². The number of nitrogens with zero attached hydrogens (tertiary/aromatic N) is 4. The molecule has 158 valence electrons. The Morgan fingerprint density at radius 1 is 0.862 bits per heavy atom. The summed E-state index contributed by atoms with van der Waals surface area (Å²) in [4.78, 5) is 9.04. The second-order valence-electron chi connectivity index (χ2n) is 8.96. The number of hydrogen-bond acceptors (Lipinski definition) is 4. The highest BCUT2D eigenvalue weighted by molar-refractivity contribution is 5.16. The zero-order valence-electron chi connectivity index (χ0n) is 19.1. The molecular formula is C25H38N4. The van der Waals surface area contributed by atoms with E-state index in [0.29, 0.717) is 0 Å². The van der Waals surface area contributed by atoms with Crippen LogP contribution in [0.4, 0.5) is 0 Å². The molecule has 3 rings (SSSR count). The van der Waals surface area contributed by atoms with Crippen molar-refractivity contribution in [3.05, 3.63) is 60.6 Å². The Bertz CT molecular complexity index is 752. The van der Waals surface area contributed by atoms with E-state index in [1.807, 2.05) is 13.1 Å². The van der Waals surface area contributed by atoms with Gasteiger partial charge in [-0.25, -0.2) is 0 Å². The molecule has 4 unspecified atom stereocenters. The van der Waals surface area contributed by atoms with Crippen LogP contribution in [-0.4, -0.2) is 46.3 Å². The zero-order valence-corrected chi connectivity index (χ0v) is 19.1. The van der Waals surface area contributed by atoms with Crippen LogP contribution in [0, 0.1) is 29.6 Å². The van der Waals surface area contributed by atoms with Gasteiger partial charge in [0, 0.05) is 51.5 Å². The average molecular weight is 395 g/mol. The summed E-state index contributed by atoms with van der Waals surface area (Å²) in [5, 5.41) is 0. The summed E-state index contributed by atoms with van der Waals surface area (Å²) >= 11 is 0. The monoisotopic (exact) mass is 394 g/mol. The molecule has 0 amide bonds. The van der Waals surface area contributed by atoms with E-state index in [-0.39, 0.29) is 0 Å². The minimum Gasteiger partial charge on any atom is -0.329 e. The molecule has 0 N–H and O–H groups in total. The largest absolute Gasteiger partial charge is 0.329 e. The van der Waals surface area contributed by atoms with Crippen LogP contribution in [0.1, 0.15) is 41.0 Å². The SMILES string of the molecule is C=C=C1N(C)C=CN1CCCN1C=CN(CC2C(C)C(C)C(C)C2C)C1=C=CC. The Morgan fingerprint density at radius 2 is 1.41 bits per heavy atom. The molecule has 4 heteroatoms. The first-order chi connectivity index (χ1) is 13.9. The smallest absolute Gasteiger partial charge is 0.157 e. The molecule has 29 heavy (non-hydrogen) atoms. The van der Waals surface area contributed by atoms with Crippen molar-refractivity contribution in [2.75, 3.05) is 26.7 Å². The molecule has 0 aromatic carbocycles. The maximum Gasteiger partial charge on any atom is 0.157 e. The van der Waals surface area contributed by atoms with Crippen molar-refractivity contribution in [2.45, 2.75) is 41.0 Å². The van der Waals surface area contributed by atoms with Gasteiger partial charge in [-0.15, -0.1) is 0 Å². The fourth-order valence-corrected chi connectivity index (χ4v) is 5.21. The normalized spacial score (nSPS) is 31.2. The number of hydrogen-bond donors (Lipinski definition) is 0. The van der Waals surface area contributed by atoms with E-state index in [9.17, 15) is 0 Å². The van der Waals surface area contributed by atoms with Crippen LogP contribution in [-0.2, 0) is 0 Å². The molecule has 0 saturated heterocycles. The molecule has 4 nitrogen and oxygen atoms in total. The van der Waals surface area contributed by atoms with Crippen LogP contribution in [0.25, 0.3) is 0 Å². The van der Waals surface area contributed by atoms with Crippen LogP contribution in [0.3, 0.4) is 0 Å². The second kappa shape index (κ2) is 9.03. The van der Waals surface area contributed by atoms with Gasteiger partial charge in [-0.3, -0.25) is 0 Å². The van der Waals surface area contributed by atoms with Gasteiger partial charge in [0.25, 0.3) is 0 Å². The van der Waals surface area contributed by atoms with E-state index in [2.05, 4.69) is 97.1 Å². The van der Waals surface area contributed by atoms with Crippen molar-refractivity contribution in [2.24, 2.45) is 29.6 Å². The molecule has 1 saturated carbocycles. The molecule has 0 aromatic heterocycles. The lowest BCUT2D eigenvalue weighted by Gasteiger charge is -2.30. The maximum absolute atomic E-state index is 3.81. The molecule has 2 heterocycles. The highest BCUT2D eigenvalue weighted by atomic mass is 15.4. The Balaban J connectivity index is 1.60. The van der Waals surface area contributed by atoms with E-state index >= 15 is 0 Å². The summed E-state index contributed by atoms with van der Waals surface area (Å²) < 4.78 is 0. The topological polar surface area (TPSA) is 13.0 Å². The lowest BCUT2D eigenvalue weighted by atomic mass is 9.89. The van der Waals surface area contributed by atoms with Gasteiger partial charge >= 0.3 is 0 Å². The summed E-state index contributed by atoms with van der Waals surface area (Å²) in [5.74, 6) is 6.06. The predicted molar refractivity (Wildman–Crippen MR) is 121 cm³/mol. The van der Waals surface area contributed by atoms with Gasteiger partial charge in [0.05, 0.1) is 0 Å². The highest BCUT2D eigenvalue weighted by Crippen LogP contribution is 2.46. The zero-order chi connectivity index (χ0) is 21.1. The molecule has 4 atom stereocenters. The van der Waals surface area contributed by atoms with Gasteiger partial charge < -0.3 is 19.6 Å². The van der Waals surface area contributed by atoms with Gasteiger partial charge in [-0.05, 0) is 49.0 Å². The van der Waals surface area contributed by atoms with E-state index in [1.54, 1.807) is 0 Å². The number of rotatable bonds is 6. The molecule has 3 aliphatic rings. The Kier molecular flexibility index (Phi) is 6.67. The van der Waals surface area contributed by atoms with Crippen LogP contribution in [0.5, 0.6) is 0 Å². The van der Waals surface area contributed by atoms with Crippen LogP contribution < -0.4 is 0 Å². The fourth-order valence-electron chi connectivity index (χ4n) is 5.21. The van der Waals surface area contributed by atoms with E-state index < -0.39 is 0 Å². The maximum atomic E-state index is 3.81. The third-order valence-corrected chi connectivity index (χ3v) is 7.52. The third-order valence-electron chi connectivity index (χ3n) is 7.52. The first kappa shape index (κ1) is 21.4. The van der Waals surface area contributed by atoms with Crippen molar-refractivity contribution in [3.8, 4) is 0 Å². The highest BCUT2D eigenvalue weighted by Gasteiger charge is 2.42. The third kappa shape index (κ3) is 4.20. The molecule has 2 aliphatic heterocycles. The Hall–Kier alpha value is -2.28. The minimum atomic E-state index is 0.726. The predicted octanol–water partition coefficient (Wildman–Crippen LogP) is 5.00. The fraction of sp³-hybridized carbons (Fsp3) is 0.600. The Morgan fingerprint density at radius 3 is 2.00 bits per heavy atom. The molecular weight excluding hydrogens is 356 g/mol. The summed E-state index contributed by atoms with van der Waals surface area (Å²) in [6.07, 6.45) is 11.7. The van der Waals surface area contributed by atoms with Crippen LogP contribution in [0.2, 0.25) is 0 Å². The molecule has 1 aliphatic carbocycles. The van der Waals surface area contributed by atoms with Gasteiger partial charge in [-0.1, -0.05) is 45.7 Å². The lowest BCUT2D eigenvalue weighted by molar-refractivity contribution is 0.234. The van der Waals surface area contributed by atoms with Gasteiger partial charge in [0.15, 0.2) is 11.6 Å². The molecule has 1 fully saturated rings. The van der Waals surface area contributed by atoms with Crippen LogP contribution in [0.15, 0.2) is 60.6 Å². The standard InChI is InChI=1S/C25H38N4/c1-8-11-25-28(13-10-12-27-15-14-26(7)24(27)9-2)16-17-29(25)18-23-21(5)19(3)20(4)22(23)6/h8,14-17,19-23H,2,10,12-13,18H2,1,3-7H3. The van der Waals surface area contributed by atoms with Gasteiger partial charge in [0.1, 0.15) is 0 Å². The molecule has 0 spiro atoms. The summed E-state index contributed by atoms with van der Waals surface area (Å²) in [6, 6.07) is 0. The number of allylic oxidation sites excluding steroid dienone is 1. The quantitative estimate of drug-likeness (QED) is 0.588. The van der Waals surface area contributed by atoms with E-state index in [4.69, 9.17) is 0 Å². The van der Waals surface area contributed by atoms with E-state index in [0.717, 1.165) is 61.5 Å². The summed E-state index contributed by atoms with van der Waals surface area (Å²) in [5.41, 5.74) is 6.53. The van der Waals surface area contributed by atoms with Crippen LogP contribution >= 0.6 is 0 Å². The Labute approximate surface area is 177 Å². The minimum absolute atomic E-state index is 0.726. The van der Waals surface area contributed by atoms with E-state index in [1.165, 1.54) is 5.82 Å². The summed E-state index contributed by atoms with van der Waals surface area (Å²) in [7, 11) is 2.03. The lowest BCUT2D eigenvalue weighted by Crippen LogP contribution is -2.31. The first-order valence-electron chi connectivity index (χ1n) is 11.1. The van der Waals surface area contributed by atoms with Crippen molar-refractivity contribution in [3.63, 3.8) is 0 Å². The van der Waals surface area contributed by atoms with Gasteiger partial charge in [-0.2, -0.15) is 0 Å². The van der Waals surface area contributed by atoms with Crippen molar-refractivity contribution >= 4 is 0 Å². The molecule has 0 radical (unpaired) electrons.